The minimum absolute atomic E-state index is 0.159. The number of nitrogens with zero attached hydrogens (tertiary/aromatic N) is 1. The highest BCUT2D eigenvalue weighted by molar-refractivity contribution is 6.02. The third-order valence-corrected chi connectivity index (χ3v) is 2.08. The van der Waals surface area contributed by atoms with E-state index >= 15 is 0 Å². The minimum atomic E-state index is -0.364. The lowest BCUT2D eigenvalue weighted by atomic mass is 10.4. The average Bonchev–Trinajstić information content (AvgIpc) is 2.40. The predicted molar refractivity (Wildman–Crippen MR) is 59.4 cm³/mol. The van der Waals surface area contributed by atoms with Crippen molar-refractivity contribution in [3.8, 4) is 5.88 Å². The van der Waals surface area contributed by atoms with E-state index in [2.05, 4.69) is 10.3 Å². The van der Waals surface area contributed by atoms with E-state index < -0.39 is 0 Å². The van der Waals surface area contributed by atoms with Gasteiger partial charge in [-0.15, -0.1) is 0 Å². The van der Waals surface area contributed by atoms with Gasteiger partial charge in [0.2, 0.25) is 11.6 Å². The molecule has 6 heteroatoms. The Morgan fingerprint density at radius 3 is 2.94 bits per heavy atom. The summed E-state index contributed by atoms with van der Waals surface area (Å²) in [7, 11) is 1.53. The molecule has 17 heavy (non-hydrogen) atoms. The number of hydrogen-bond acceptors (Lipinski definition) is 5. The molecule has 1 aliphatic rings. The van der Waals surface area contributed by atoms with Crippen LogP contribution in [0.3, 0.4) is 0 Å². The number of amides is 1. The third kappa shape index (κ3) is 2.87. The van der Waals surface area contributed by atoms with Crippen molar-refractivity contribution in [2.45, 2.75) is 0 Å². The fourth-order valence-electron chi connectivity index (χ4n) is 1.26. The van der Waals surface area contributed by atoms with Gasteiger partial charge in [0.15, 0.2) is 0 Å². The zero-order chi connectivity index (χ0) is 12.1. The molecule has 0 bridgehead atoms. The Morgan fingerprint density at radius 1 is 1.47 bits per heavy atom. The molecule has 0 saturated carbocycles. The molecular weight excluding hydrogens is 224 g/mol. The smallest absolute Gasteiger partial charge is 0.294 e. The molecule has 0 aliphatic carbocycles. The summed E-state index contributed by atoms with van der Waals surface area (Å²) >= 11 is 0. The van der Waals surface area contributed by atoms with Crippen LogP contribution in [0.1, 0.15) is 0 Å². The Balaban J connectivity index is 1.99. The summed E-state index contributed by atoms with van der Waals surface area (Å²) in [6.07, 6.45) is 2.80. The summed E-state index contributed by atoms with van der Waals surface area (Å²) in [4.78, 5) is 15.6. The molecule has 2 rings (SSSR count). The maximum Gasteiger partial charge on any atom is 0.294 e. The SMILES string of the molecule is COc1ccc(NC(=O)C2=COCCO2)cn1. The van der Waals surface area contributed by atoms with Crippen LogP contribution >= 0.6 is 0 Å². The molecule has 0 atom stereocenters. The Hall–Kier alpha value is -2.24. The van der Waals surface area contributed by atoms with E-state index in [0.29, 0.717) is 24.8 Å². The van der Waals surface area contributed by atoms with Gasteiger partial charge >= 0.3 is 0 Å². The maximum absolute atomic E-state index is 11.7. The quantitative estimate of drug-likeness (QED) is 0.845. The first-order valence-electron chi connectivity index (χ1n) is 5.05. The lowest BCUT2D eigenvalue weighted by Gasteiger charge is -2.14. The van der Waals surface area contributed by atoms with Crippen LogP contribution in [0.2, 0.25) is 0 Å². The van der Waals surface area contributed by atoms with Crippen molar-refractivity contribution in [1.82, 2.24) is 4.98 Å². The van der Waals surface area contributed by atoms with Crippen LogP contribution in [-0.2, 0) is 14.3 Å². The Labute approximate surface area is 98.2 Å². The van der Waals surface area contributed by atoms with Crippen molar-refractivity contribution in [3.05, 3.63) is 30.4 Å². The van der Waals surface area contributed by atoms with Crippen molar-refractivity contribution in [2.24, 2.45) is 0 Å². The van der Waals surface area contributed by atoms with Crippen LogP contribution in [0, 0.1) is 0 Å². The van der Waals surface area contributed by atoms with Crippen molar-refractivity contribution in [1.29, 1.82) is 0 Å². The summed E-state index contributed by atoms with van der Waals surface area (Å²) in [5, 5.41) is 2.63. The number of carbonyl (C=O) groups excluding carboxylic acids is 1. The lowest BCUT2D eigenvalue weighted by Crippen LogP contribution is -2.21. The number of pyridine rings is 1. The molecule has 0 aromatic carbocycles. The second kappa shape index (κ2) is 5.20. The summed E-state index contributed by atoms with van der Waals surface area (Å²) in [6, 6.07) is 3.34. The lowest BCUT2D eigenvalue weighted by molar-refractivity contribution is -0.117. The highest BCUT2D eigenvalue weighted by atomic mass is 16.6. The Morgan fingerprint density at radius 2 is 2.35 bits per heavy atom. The van der Waals surface area contributed by atoms with Crippen LogP contribution in [0.4, 0.5) is 5.69 Å². The molecule has 1 aromatic heterocycles. The van der Waals surface area contributed by atoms with Gasteiger partial charge < -0.3 is 19.5 Å². The fraction of sp³-hybridized carbons (Fsp3) is 0.273. The number of aromatic nitrogens is 1. The van der Waals surface area contributed by atoms with Crippen molar-refractivity contribution in [2.75, 3.05) is 25.6 Å². The van der Waals surface area contributed by atoms with E-state index in [1.807, 2.05) is 0 Å². The Bertz CT molecular complexity index is 428. The van der Waals surface area contributed by atoms with Crippen molar-refractivity contribution in [3.63, 3.8) is 0 Å². The topological polar surface area (TPSA) is 69.7 Å². The molecule has 1 N–H and O–H groups in total. The van der Waals surface area contributed by atoms with Crippen molar-refractivity contribution >= 4 is 11.6 Å². The molecule has 0 fully saturated rings. The van der Waals surface area contributed by atoms with Crippen LogP contribution < -0.4 is 10.1 Å². The van der Waals surface area contributed by atoms with Gasteiger partial charge in [0.05, 0.1) is 19.0 Å². The largest absolute Gasteiger partial charge is 0.494 e. The van der Waals surface area contributed by atoms with E-state index in [0.717, 1.165) is 0 Å². The van der Waals surface area contributed by atoms with Crippen molar-refractivity contribution < 1.29 is 19.0 Å². The molecule has 0 radical (unpaired) electrons. The summed E-state index contributed by atoms with van der Waals surface area (Å²) < 4.78 is 15.0. The van der Waals surface area contributed by atoms with Gasteiger partial charge in [-0.25, -0.2) is 4.98 Å². The summed E-state index contributed by atoms with van der Waals surface area (Å²) in [6.45, 7) is 0.834. The second-order valence-electron chi connectivity index (χ2n) is 3.24. The van der Waals surface area contributed by atoms with Gasteiger partial charge in [0, 0.05) is 6.07 Å². The summed E-state index contributed by atoms with van der Waals surface area (Å²) in [5.74, 6) is 0.281. The summed E-state index contributed by atoms with van der Waals surface area (Å²) in [5.41, 5.74) is 0.561. The van der Waals surface area contributed by atoms with Crippen LogP contribution in [0.15, 0.2) is 30.4 Å². The molecule has 0 spiro atoms. The molecule has 1 aliphatic heterocycles. The molecule has 90 valence electrons. The van der Waals surface area contributed by atoms with Crippen LogP contribution in [0.25, 0.3) is 0 Å². The number of anilines is 1. The van der Waals surface area contributed by atoms with Gasteiger partial charge in [0.1, 0.15) is 19.5 Å². The van der Waals surface area contributed by atoms with E-state index in [9.17, 15) is 4.79 Å². The molecular formula is C11H12N2O4. The predicted octanol–water partition coefficient (Wildman–Crippen LogP) is 0.917. The number of rotatable bonds is 3. The number of hydrogen-bond donors (Lipinski definition) is 1. The van der Waals surface area contributed by atoms with Crippen LogP contribution in [0.5, 0.6) is 5.88 Å². The first kappa shape index (κ1) is 11.3. The third-order valence-electron chi connectivity index (χ3n) is 2.08. The first-order chi connectivity index (χ1) is 8.29. The molecule has 0 saturated heterocycles. The first-order valence-corrected chi connectivity index (χ1v) is 5.05. The number of carbonyl (C=O) groups is 1. The monoisotopic (exact) mass is 236 g/mol. The molecule has 1 amide bonds. The van der Waals surface area contributed by atoms with Gasteiger partial charge in [-0.2, -0.15) is 0 Å². The van der Waals surface area contributed by atoms with E-state index in [-0.39, 0.29) is 11.7 Å². The molecule has 1 aromatic rings. The Kier molecular flexibility index (Phi) is 3.44. The highest BCUT2D eigenvalue weighted by Gasteiger charge is 2.15. The average molecular weight is 236 g/mol. The van der Waals surface area contributed by atoms with Gasteiger partial charge in [0.25, 0.3) is 5.91 Å². The number of methoxy groups -OCH3 is 1. The van der Waals surface area contributed by atoms with E-state index in [1.54, 1.807) is 12.1 Å². The zero-order valence-corrected chi connectivity index (χ0v) is 9.30. The number of nitrogens with one attached hydrogen (secondary N) is 1. The zero-order valence-electron chi connectivity index (χ0n) is 9.30. The minimum Gasteiger partial charge on any atom is -0.494 e. The molecule has 0 unspecified atom stereocenters. The molecule has 6 nitrogen and oxygen atoms in total. The second-order valence-corrected chi connectivity index (χ2v) is 3.24. The normalized spacial score (nSPS) is 14.1. The van der Waals surface area contributed by atoms with Gasteiger partial charge in [-0.1, -0.05) is 0 Å². The van der Waals surface area contributed by atoms with E-state index in [4.69, 9.17) is 14.2 Å². The van der Waals surface area contributed by atoms with Crippen LogP contribution in [-0.4, -0.2) is 31.2 Å². The number of ether oxygens (including phenoxy) is 3. The standard InChI is InChI=1S/C11H12N2O4/c1-15-10-3-2-8(6-12-10)13-11(14)9-7-16-4-5-17-9/h2-3,6-7H,4-5H2,1H3,(H,13,14). The molecule has 2 heterocycles. The van der Waals surface area contributed by atoms with Gasteiger partial charge in [-0.3, -0.25) is 4.79 Å². The fourth-order valence-corrected chi connectivity index (χ4v) is 1.26. The highest BCUT2D eigenvalue weighted by Crippen LogP contribution is 2.13. The van der Waals surface area contributed by atoms with E-state index in [1.165, 1.54) is 19.6 Å². The maximum atomic E-state index is 11.7. The van der Waals surface area contributed by atoms with Gasteiger partial charge in [-0.05, 0) is 6.07 Å².